The zero-order valence-electron chi connectivity index (χ0n) is 9.58. The number of hydrogen-bond acceptors (Lipinski definition) is 2. The molecule has 1 fully saturated rings. The van der Waals surface area contributed by atoms with Crippen LogP contribution in [-0.2, 0) is 11.2 Å². The van der Waals surface area contributed by atoms with Crippen LogP contribution in [0.1, 0.15) is 24.0 Å². The monoisotopic (exact) mass is 239 g/mol. The number of hydrogen-bond donors (Lipinski definition) is 1. The van der Waals surface area contributed by atoms with E-state index in [0.717, 1.165) is 36.5 Å². The molecule has 1 aromatic rings. The van der Waals surface area contributed by atoms with Crippen LogP contribution in [0.2, 0.25) is 5.02 Å². The van der Waals surface area contributed by atoms with Gasteiger partial charge >= 0.3 is 0 Å². The van der Waals surface area contributed by atoms with E-state index >= 15 is 0 Å². The Morgan fingerprint density at radius 3 is 3.00 bits per heavy atom. The standard InChI is InChI=1S/C13H18ClNO/c1-9-4-5-10(11(14)7-9)8-12(15)13-3-2-6-16-13/h4-5,7,12-13H,2-3,6,8,15H2,1H3. The van der Waals surface area contributed by atoms with Gasteiger partial charge in [-0.05, 0) is 43.4 Å². The third-order valence-electron chi connectivity index (χ3n) is 3.11. The fraction of sp³-hybridized carbons (Fsp3) is 0.538. The molecule has 0 radical (unpaired) electrons. The second-order valence-corrected chi connectivity index (χ2v) is 4.92. The van der Waals surface area contributed by atoms with Gasteiger partial charge in [0.15, 0.2) is 0 Å². The summed E-state index contributed by atoms with van der Waals surface area (Å²) in [7, 11) is 0. The van der Waals surface area contributed by atoms with E-state index < -0.39 is 0 Å². The van der Waals surface area contributed by atoms with Crippen LogP contribution in [-0.4, -0.2) is 18.8 Å². The van der Waals surface area contributed by atoms with E-state index in [1.807, 2.05) is 13.0 Å². The highest BCUT2D eigenvalue weighted by Crippen LogP contribution is 2.22. The molecule has 2 unspecified atom stereocenters. The van der Waals surface area contributed by atoms with Gasteiger partial charge < -0.3 is 10.5 Å². The van der Waals surface area contributed by atoms with Crippen LogP contribution < -0.4 is 5.73 Å². The number of aryl methyl sites for hydroxylation is 1. The van der Waals surface area contributed by atoms with Crippen molar-refractivity contribution in [3.63, 3.8) is 0 Å². The van der Waals surface area contributed by atoms with Gasteiger partial charge in [0.1, 0.15) is 0 Å². The highest BCUT2D eigenvalue weighted by molar-refractivity contribution is 6.31. The molecular formula is C13H18ClNO. The Bertz CT molecular complexity index is 361. The number of nitrogens with two attached hydrogens (primary N) is 1. The van der Waals surface area contributed by atoms with Crippen LogP contribution >= 0.6 is 11.6 Å². The predicted octanol–water partition coefficient (Wildman–Crippen LogP) is 2.70. The van der Waals surface area contributed by atoms with Crippen LogP contribution in [0.25, 0.3) is 0 Å². The Labute approximate surface area is 102 Å². The first kappa shape index (κ1) is 11.9. The largest absolute Gasteiger partial charge is 0.377 e. The van der Waals surface area contributed by atoms with Crippen LogP contribution in [0, 0.1) is 6.92 Å². The Kier molecular flexibility index (Phi) is 3.85. The molecule has 0 saturated carbocycles. The molecule has 1 saturated heterocycles. The Balaban J connectivity index is 2.02. The van der Waals surface area contributed by atoms with E-state index in [9.17, 15) is 0 Å². The maximum atomic E-state index is 6.18. The summed E-state index contributed by atoms with van der Waals surface area (Å²) in [6.45, 7) is 2.88. The van der Waals surface area contributed by atoms with Gasteiger partial charge in [0.2, 0.25) is 0 Å². The van der Waals surface area contributed by atoms with E-state index in [1.165, 1.54) is 5.56 Å². The van der Waals surface area contributed by atoms with Gasteiger partial charge in [-0.1, -0.05) is 23.7 Å². The van der Waals surface area contributed by atoms with E-state index in [-0.39, 0.29) is 12.1 Å². The second kappa shape index (κ2) is 5.17. The SMILES string of the molecule is Cc1ccc(CC(N)C2CCCO2)c(Cl)c1. The first-order chi connectivity index (χ1) is 7.66. The summed E-state index contributed by atoms with van der Waals surface area (Å²) >= 11 is 6.18. The molecule has 0 amide bonds. The maximum absolute atomic E-state index is 6.18. The zero-order valence-corrected chi connectivity index (χ0v) is 10.3. The summed E-state index contributed by atoms with van der Waals surface area (Å²) in [5.41, 5.74) is 8.43. The molecule has 1 heterocycles. The van der Waals surface area contributed by atoms with Crippen molar-refractivity contribution in [1.82, 2.24) is 0 Å². The van der Waals surface area contributed by atoms with Crippen molar-refractivity contribution in [1.29, 1.82) is 0 Å². The van der Waals surface area contributed by atoms with Crippen LogP contribution in [0.15, 0.2) is 18.2 Å². The van der Waals surface area contributed by atoms with E-state index in [4.69, 9.17) is 22.1 Å². The van der Waals surface area contributed by atoms with Gasteiger partial charge in [0.25, 0.3) is 0 Å². The van der Waals surface area contributed by atoms with Gasteiger partial charge in [-0.2, -0.15) is 0 Å². The van der Waals surface area contributed by atoms with Crippen molar-refractivity contribution in [2.75, 3.05) is 6.61 Å². The molecule has 0 bridgehead atoms. The molecule has 2 atom stereocenters. The summed E-state index contributed by atoms with van der Waals surface area (Å²) in [5.74, 6) is 0. The molecule has 1 aliphatic rings. The van der Waals surface area contributed by atoms with Crippen molar-refractivity contribution in [3.05, 3.63) is 34.3 Å². The summed E-state index contributed by atoms with van der Waals surface area (Å²) in [6, 6.07) is 6.18. The maximum Gasteiger partial charge on any atom is 0.0730 e. The van der Waals surface area contributed by atoms with E-state index in [1.54, 1.807) is 0 Å². The summed E-state index contributed by atoms with van der Waals surface area (Å²) < 4.78 is 5.58. The lowest BCUT2D eigenvalue weighted by atomic mass is 9.99. The number of rotatable bonds is 3. The third kappa shape index (κ3) is 2.76. The van der Waals surface area contributed by atoms with Crippen LogP contribution in [0.5, 0.6) is 0 Å². The highest BCUT2D eigenvalue weighted by atomic mass is 35.5. The number of halogens is 1. The molecule has 1 aromatic carbocycles. The molecule has 1 aliphatic heterocycles. The number of ether oxygens (including phenoxy) is 1. The first-order valence-corrected chi connectivity index (χ1v) is 6.17. The fourth-order valence-electron chi connectivity index (χ4n) is 2.14. The third-order valence-corrected chi connectivity index (χ3v) is 3.46. The average molecular weight is 240 g/mol. The molecule has 2 N–H and O–H groups in total. The quantitative estimate of drug-likeness (QED) is 0.880. The number of benzene rings is 1. The van der Waals surface area contributed by atoms with Crippen molar-refractivity contribution < 1.29 is 4.74 Å². The van der Waals surface area contributed by atoms with E-state index in [2.05, 4.69) is 12.1 Å². The highest BCUT2D eigenvalue weighted by Gasteiger charge is 2.23. The van der Waals surface area contributed by atoms with Gasteiger partial charge in [-0.3, -0.25) is 0 Å². The van der Waals surface area contributed by atoms with Gasteiger partial charge in [-0.15, -0.1) is 0 Å². The molecule has 2 rings (SSSR count). The molecule has 2 nitrogen and oxygen atoms in total. The fourth-order valence-corrected chi connectivity index (χ4v) is 2.46. The molecule has 0 aromatic heterocycles. The van der Waals surface area contributed by atoms with Crippen molar-refractivity contribution in [2.24, 2.45) is 5.73 Å². The Morgan fingerprint density at radius 2 is 2.38 bits per heavy atom. The molecule has 88 valence electrons. The van der Waals surface area contributed by atoms with Crippen molar-refractivity contribution in [3.8, 4) is 0 Å². The summed E-state index contributed by atoms with van der Waals surface area (Å²) in [4.78, 5) is 0. The van der Waals surface area contributed by atoms with Crippen molar-refractivity contribution in [2.45, 2.75) is 38.3 Å². The molecule has 16 heavy (non-hydrogen) atoms. The molecule has 0 aliphatic carbocycles. The minimum atomic E-state index is 0.0581. The lowest BCUT2D eigenvalue weighted by molar-refractivity contribution is 0.0900. The van der Waals surface area contributed by atoms with Gasteiger partial charge in [0, 0.05) is 17.7 Å². The topological polar surface area (TPSA) is 35.2 Å². The summed E-state index contributed by atoms with van der Waals surface area (Å²) in [5, 5.41) is 0.813. The minimum Gasteiger partial charge on any atom is -0.377 e. The molecular weight excluding hydrogens is 222 g/mol. The normalized spacial score (nSPS) is 22.3. The van der Waals surface area contributed by atoms with Gasteiger partial charge in [0.05, 0.1) is 6.10 Å². The average Bonchev–Trinajstić information content (AvgIpc) is 2.75. The van der Waals surface area contributed by atoms with E-state index in [0.29, 0.717) is 0 Å². The lowest BCUT2D eigenvalue weighted by Crippen LogP contribution is -2.36. The Hall–Kier alpha value is -0.570. The molecule has 3 heteroatoms. The van der Waals surface area contributed by atoms with Crippen LogP contribution in [0.3, 0.4) is 0 Å². The lowest BCUT2D eigenvalue weighted by Gasteiger charge is -2.19. The molecule has 0 spiro atoms. The summed E-state index contributed by atoms with van der Waals surface area (Å²) in [6.07, 6.45) is 3.20. The van der Waals surface area contributed by atoms with Crippen molar-refractivity contribution >= 4 is 11.6 Å². The Morgan fingerprint density at radius 1 is 1.56 bits per heavy atom. The van der Waals surface area contributed by atoms with Gasteiger partial charge in [-0.25, -0.2) is 0 Å². The smallest absolute Gasteiger partial charge is 0.0730 e. The first-order valence-electron chi connectivity index (χ1n) is 5.79. The minimum absolute atomic E-state index is 0.0581. The predicted molar refractivity (Wildman–Crippen MR) is 66.8 cm³/mol. The second-order valence-electron chi connectivity index (χ2n) is 4.51. The van der Waals surface area contributed by atoms with Crippen LogP contribution in [0.4, 0.5) is 0 Å². The zero-order chi connectivity index (χ0) is 11.5.